The van der Waals surface area contributed by atoms with Gasteiger partial charge in [0.15, 0.2) is 0 Å². The molecule has 0 saturated heterocycles. The van der Waals surface area contributed by atoms with Crippen LogP contribution in [0, 0.1) is 0 Å². The number of ketones is 2. The Balaban J connectivity index is 1.69. The molecule has 0 radical (unpaired) electrons. The van der Waals surface area contributed by atoms with E-state index in [1.54, 1.807) is 0 Å². The number of methoxy groups -OCH3 is 1. The molecule has 0 bridgehead atoms. The molecule has 0 saturated carbocycles. The summed E-state index contributed by atoms with van der Waals surface area (Å²) in [7, 11) is 1.33. The van der Waals surface area contributed by atoms with Crippen molar-refractivity contribution >= 4 is 29.4 Å². The smallest absolute Gasteiger partial charge is 0.406 e. The van der Waals surface area contributed by atoms with Crippen LogP contribution in [0.1, 0.15) is 40.1 Å². The molecule has 2 rings (SSSR count). The zero-order valence-corrected chi connectivity index (χ0v) is 13.0. The van der Waals surface area contributed by atoms with Gasteiger partial charge in [-0.3, -0.25) is 14.7 Å². The number of carbonyl (C=O) groups excluding carboxylic acids is 3. The van der Waals surface area contributed by atoms with E-state index in [2.05, 4.69) is 20.3 Å². The second kappa shape index (κ2) is 7.79. The lowest BCUT2D eigenvalue weighted by Gasteiger charge is -2.10. The Hall–Kier alpha value is -2.09. The summed E-state index contributed by atoms with van der Waals surface area (Å²) in [6.07, 6.45) is 4.98. The van der Waals surface area contributed by atoms with Gasteiger partial charge in [-0.15, -0.1) is 11.8 Å². The molecule has 8 heteroatoms. The number of allylic oxidation sites excluding steroid dienone is 2. The monoisotopic (exact) mass is 323 g/mol. The molecule has 118 valence electrons. The molecular formula is C14H17N3O4S. The quantitative estimate of drug-likeness (QED) is 0.744. The van der Waals surface area contributed by atoms with Crippen LogP contribution in [-0.4, -0.2) is 47.3 Å². The minimum atomic E-state index is -0.429. The first-order chi connectivity index (χ1) is 10.6. The third-order valence-corrected chi connectivity index (χ3v) is 4.26. The van der Waals surface area contributed by atoms with Gasteiger partial charge in [0.2, 0.25) is 11.6 Å². The summed E-state index contributed by atoms with van der Waals surface area (Å²) in [6.45, 7) is 0.565. The molecule has 0 atom stereocenters. The van der Waals surface area contributed by atoms with Gasteiger partial charge in [-0.1, -0.05) is 6.42 Å². The van der Waals surface area contributed by atoms with Crippen LogP contribution >= 0.6 is 11.8 Å². The number of hydrogen-bond donors (Lipinski definition) is 2. The van der Waals surface area contributed by atoms with Gasteiger partial charge in [-0.05, 0) is 18.6 Å². The fourth-order valence-corrected chi connectivity index (χ4v) is 2.99. The molecule has 0 aliphatic heterocycles. The Bertz CT molecular complexity index is 609. The zero-order chi connectivity index (χ0) is 15.9. The number of unbranched alkanes of at least 4 members (excludes halogenated alkanes) is 2. The van der Waals surface area contributed by atoms with E-state index in [9.17, 15) is 14.4 Å². The van der Waals surface area contributed by atoms with E-state index >= 15 is 0 Å². The Morgan fingerprint density at radius 1 is 1.36 bits per heavy atom. The van der Waals surface area contributed by atoms with E-state index in [1.807, 2.05) is 0 Å². The van der Waals surface area contributed by atoms with Gasteiger partial charge >= 0.3 is 6.09 Å². The van der Waals surface area contributed by atoms with Crippen molar-refractivity contribution in [2.45, 2.75) is 19.3 Å². The normalized spacial score (nSPS) is 13.6. The number of rotatable bonds is 7. The van der Waals surface area contributed by atoms with Crippen LogP contribution in [0.15, 0.2) is 17.2 Å². The molecular weight excluding hydrogens is 306 g/mol. The maximum Gasteiger partial charge on any atom is 0.406 e. The number of alkyl carbamates (subject to hydrolysis) is 1. The average molecular weight is 323 g/mol. The van der Waals surface area contributed by atoms with Crippen LogP contribution in [0.3, 0.4) is 0 Å². The predicted octanol–water partition coefficient (Wildman–Crippen LogP) is 1.93. The summed E-state index contributed by atoms with van der Waals surface area (Å²) in [5.74, 6) is 0.383. The van der Waals surface area contributed by atoms with Crippen molar-refractivity contribution < 1.29 is 19.1 Å². The van der Waals surface area contributed by atoms with Crippen molar-refractivity contribution in [3.63, 3.8) is 0 Å². The maximum absolute atomic E-state index is 12.1. The molecule has 2 N–H and O–H groups in total. The van der Waals surface area contributed by atoms with Gasteiger partial charge < -0.3 is 10.1 Å². The summed E-state index contributed by atoms with van der Waals surface area (Å²) in [4.78, 5) is 35.2. The summed E-state index contributed by atoms with van der Waals surface area (Å²) >= 11 is 1.38. The average Bonchev–Trinajstić information content (AvgIpc) is 3.01. The predicted molar refractivity (Wildman–Crippen MR) is 82.0 cm³/mol. The van der Waals surface area contributed by atoms with Crippen molar-refractivity contribution in [2.75, 3.05) is 19.4 Å². The molecule has 0 unspecified atom stereocenters. The fraction of sp³-hybridized carbons (Fsp3) is 0.429. The number of nitrogens with zero attached hydrogens (tertiary/aromatic N) is 1. The molecule has 0 aromatic carbocycles. The van der Waals surface area contributed by atoms with Crippen LogP contribution in [0.25, 0.3) is 0 Å². The van der Waals surface area contributed by atoms with E-state index in [-0.39, 0.29) is 17.3 Å². The summed E-state index contributed by atoms with van der Waals surface area (Å²) < 4.78 is 4.46. The zero-order valence-electron chi connectivity index (χ0n) is 12.2. The third-order valence-electron chi connectivity index (χ3n) is 3.15. The van der Waals surface area contributed by atoms with Crippen LogP contribution in [-0.2, 0) is 4.74 Å². The van der Waals surface area contributed by atoms with Crippen molar-refractivity contribution in [1.29, 1.82) is 0 Å². The minimum absolute atomic E-state index is 0.152. The van der Waals surface area contributed by atoms with E-state index in [0.717, 1.165) is 25.0 Å². The lowest BCUT2D eigenvalue weighted by Crippen LogP contribution is -2.23. The van der Waals surface area contributed by atoms with E-state index in [4.69, 9.17) is 0 Å². The van der Waals surface area contributed by atoms with Gasteiger partial charge in [-0.2, -0.15) is 5.10 Å². The van der Waals surface area contributed by atoms with Gasteiger partial charge in [0.1, 0.15) is 5.69 Å². The summed E-state index contributed by atoms with van der Waals surface area (Å²) in [5.41, 5.74) is 0.612. The first-order valence-corrected chi connectivity index (χ1v) is 7.90. The molecule has 1 aromatic rings. The highest BCUT2D eigenvalue weighted by atomic mass is 32.2. The standard InChI is InChI=1S/C14H17N3O4S/c1-21-14(20)15-5-3-2-4-6-22-11-7-10(18)12-9(13(11)19)8-16-17-12/h7-8H,2-6H2,1H3,(H,15,20)(H,16,17). The molecule has 22 heavy (non-hydrogen) atoms. The van der Waals surface area contributed by atoms with Gasteiger partial charge in [0.05, 0.1) is 23.8 Å². The van der Waals surface area contributed by atoms with E-state index in [1.165, 1.54) is 31.1 Å². The van der Waals surface area contributed by atoms with Crippen LogP contribution in [0.2, 0.25) is 0 Å². The van der Waals surface area contributed by atoms with Gasteiger partial charge in [0, 0.05) is 12.6 Å². The van der Waals surface area contributed by atoms with Crippen LogP contribution < -0.4 is 5.32 Å². The van der Waals surface area contributed by atoms with Gasteiger partial charge in [-0.25, -0.2) is 4.79 Å². The first kappa shape index (κ1) is 16.3. The number of ether oxygens (including phenoxy) is 1. The van der Waals surface area contributed by atoms with Gasteiger partial charge in [0.25, 0.3) is 0 Å². The summed E-state index contributed by atoms with van der Waals surface area (Å²) in [6, 6.07) is 0. The topological polar surface area (TPSA) is 101 Å². The van der Waals surface area contributed by atoms with E-state index in [0.29, 0.717) is 17.0 Å². The van der Waals surface area contributed by atoms with Crippen LogP contribution in [0.4, 0.5) is 4.79 Å². The molecule has 1 heterocycles. The number of carbonyl (C=O) groups is 3. The Morgan fingerprint density at radius 2 is 2.18 bits per heavy atom. The summed E-state index contributed by atoms with van der Waals surface area (Å²) in [5, 5.41) is 8.89. The number of amides is 1. The van der Waals surface area contributed by atoms with Crippen LogP contribution in [0.5, 0.6) is 0 Å². The second-order valence-electron chi connectivity index (χ2n) is 4.69. The molecule has 7 nitrogen and oxygen atoms in total. The number of aromatic nitrogens is 2. The molecule has 1 amide bonds. The molecule has 0 spiro atoms. The van der Waals surface area contributed by atoms with Crippen molar-refractivity contribution in [3.8, 4) is 0 Å². The first-order valence-electron chi connectivity index (χ1n) is 6.92. The second-order valence-corrected chi connectivity index (χ2v) is 5.82. The number of hydrogen-bond acceptors (Lipinski definition) is 6. The molecule has 0 fully saturated rings. The van der Waals surface area contributed by atoms with Crippen molar-refractivity contribution in [2.24, 2.45) is 0 Å². The minimum Gasteiger partial charge on any atom is -0.453 e. The number of thioether (sulfide) groups is 1. The van der Waals surface area contributed by atoms with Crippen molar-refractivity contribution in [3.05, 3.63) is 28.4 Å². The number of H-pyrrole nitrogens is 1. The third kappa shape index (κ3) is 3.97. The highest BCUT2D eigenvalue weighted by Gasteiger charge is 2.27. The fourth-order valence-electron chi connectivity index (χ4n) is 1.99. The SMILES string of the molecule is COC(=O)NCCCCCSC1=CC(=O)c2[nH]ncc2C1=O. The molecule has 1 aromatic heterocycles. The number of aromatic amines is 1. The number of Topliss-reactive ketones (excluding diaryl/α,β-unsaturated/α-hetero) is 1. The lowest BCUT2D eigenvalue weighted by molar-refractivity contribution is 0.0989. The molecule has 1 aliphatic rings. The highest BCUT2D eigenvalue weighted by molar-refractivity contribution is 8.04. The lowest BCUT2D eigenvalue weighted by atomic mass is 10.0. The Morgan fingerprint density at radius 3 is 2.95 bits per heavy atom. The number of nitrogens with one attached hydrogen (secondary N) is 2. The Labute approximate surface area is 131 Å². The molecule has 1 aliphatic carbocycles. The maximum atomic E-state index is 12.1. The van der Waals surface area contributed by atoms with E-state index < -0.39 is 6.09 Å². The highest BCUT2D eigenvalue weighted by Crippen LogP contribution is 2.27. The number of fused-ring (bicyclic) bond motifs is 1. The largest absolute Gasteiger partial charge is 0.453 e. The van der Waals surface area contributed by atoms with Crippen molar-refractivity contribution in [1.82, 2.24) is 15.5 Å². The Kier molecular flexibility index (Phi) is 5.76.